The maximum Gasteiger partial charge on any atom is 0.0343 e. The molecular formula is C30H43N. The van der Waals surface area contributed by atoms with Crippen LogP contribution in [0.4, 0.5) is 5.69 Å². The van der Waals surface area contributed by atoms with Crippen LogP contribution in [-0.4, -0.2) is 0 Å². The molecule has 0 heterocycles. The van der Waals surface area contributed by atoms with Crippen LogP contribution in [0.25, 0.3) is 0 Å². The molecule has 0 aliphatic carbocycles. The van der Waals surface area contributed by atoms with Crippen LogP contribution in [0.15, 0.2) is 90.6 Å². The lowest BCUT2D eigenvalue weighted by Crippen LogP contribution is -2.04. The van der Waals surface area contributed by atoms with Crippen LogP contribution in [0.3, 0.4) is 0 Å². The Labute approximate surface area is 192 Å². The van der Waals surface area contributed by atoms with Crippen molar-refractivity contribution in [2.45, 2.75) is 67.7 Å². The molecule has 0 aliphatic rings. The summed E-state index contributed by atoms with van der Waals surface area (Å²) in [7, 11) is 0. The van der Waals surface area contributed by atoms with Gasteiger partial charge in [-0.05, 0) is 74.9 Å². The fourth-order valence-corrected chi connectivity index (χ4v) is 2.94. The molecule has 1 unspecified atom stereocenters. The first kappa shape index (κ1) is 28.2. The third-order valence-electron chi connectivity index (χ3n) is 5.06. The Kier molecular flexibility index (Phi) is 13.7. The Morgan fingerprint density at radius 2 is 1.48 bits per heavy atom. The standard InChI is InChI=1S/C25H31N.C3H6.C2H6/c1-7-21-10-12-22(13-11-21)25(19(5)9-8-18(4)17(2)3)23-14-15-24(26)20(6)16-23;1-3-2;1-2/h8-16,25H,5,7,26H2,1-4,6H3;3H,1H2,2H3;1-2H3/b9-8-;;. The van der Waals surface area contributed by atoms with Gasteiger partial charge in [-0.15, -0.1) is 6.58 Å². The van der Waals surface area contributed by atoms with E-state index < -0.39 is 0 Å². The molecular weight excluding hydrogens is 374 g/mol. The van der Waals surface area contributed by atoms with Crippen LogP contribution in [-0.2, 0) is 6.42 Å². The minimum absolute atomic E-state index is 0.126. The summed E-state index contributed by atoms with van der Waals surface area (Å²) in [4.78, 5) is 0. The van der Waals surface area contributed by atoms with E-state index in [0.717, 1.165) is 23.2 Å². The van der Waals surface area contributed by atoms with E-state index in [2.05, 4.69) is 96.3 Å². The SMILES string of the molecule is C=C(/C=C\C(C)=C(C)C)C(c1ccc(CC)cc1)c1ccc(N)c(C)c1.C=CC.CC. The molecule has 2 N–H and O–H groups in total. The average Bonchev–Trinajstić information content (AvgIpc) is 2.77. The molecule has 2 aromatic rings. The van der Waals surface area contributed by atoms with Gasteiger partial charge < -0.3 is 5.73 Å². The van der Waals surface area contributed by atoms with Gasteiger partial charge in [0, 0.05) is 11.6 Å². The zero-order valence-corrected chi connectivity index (χ0v) is 21.0. The second kappa shape index (κ2) is 15.1. The summed E-state index contributed by atoms with van der Waals surface area (Å²) in [5.74, 6) is 0.126. The highest BCUT2D eigenvalue weighted by atomic mass is 14.5. The number of benzene rings is 2. The van der Waals surface area contributed by atoms with Crippen molar-refractivity contribution in [3.05, 3.63) is 113 Å². The van der Waals surface area contributed by atoms with Crippen molar-refractivity contribution >= 4 is 5.69 Å². The lowest BCUT2D eigenvalue weighted by Gasteiger charge is -2.20. The van der Waals surface area contributed by atoms with Crippen molar-refractivity contribution in [2.24, 2.45) is 0 Å². The minimum Gasteiger partial charge on any atom is -0.399 e. The Balaban J connectivity index is 0.00000165. The molecule has 1 heteroatoms. The largest absolute Gasteiger partial charge is 0.399 e. The molecule has 0 radical (unpaired) electrons. The molecule has 0 aromatic heterocycles. The highest BCUT2D eigenvalue weighted by molar-refractivity contribution is 5.53. The summed E-state index contributed by atoms with van der Waals surface area (Å²) in [5, 5.41) is 0. The van der Waals surface area contributed by atoms with Crippen LogP contribution in [0, 0.1) is 6.92 Å². The fourth-order valence-electron chi connectivity index (χ4n) is 2.94. The van der Waals surface area contributed by atoms with Crippen LogP contribution < -0.4 is 5.73 Å². The lowest BCUT2D eigenvalue weighted by atomic mass is 9.84. The smallest absolute Gasteiger partial charge is 0.0343 e. The maximum atomic E-state index is 6.03. The van der Waals surface area contributed by atoms with E-state index in [-0.39, 0.29) is 5.92 Å². The Hall–Kier alpha value is -2.80. The number of anilines is 1. The summed E-state index contributed by atoms with van der Waals surface area (Å²) in [5.41, 5.74) is 15.5. The van der Waals surface area contributed by atoms with E-state index in [4.69, 9.17) is 5.73 Å². The van der Waals surface area contributed by atoms with E-state index in [1.54, 1.807) is 6.08 Å². The summed E-state index contributed by atoms with van der Waals surface area (Å²) >= 11 is 0. The van der Waals surface area contributed by atoms with E-state index in [1.165, 1.54) is 27.8 Å². The lowest BCUT2D eigenvalue weighted by molar-refractivity contribution is 0.974. The van der Waals surface area contributed by atoms with Crippen molar-refractivity contribution in [3.8, 4) is 0 Å². The topological polar surface area (TPSA) is 26.0 Å². The van der Waals surface area contributed by atoms with Gasteiger partial charge in [0.25, 0.3) is 0 Å². The monoisotopic (exact) mass is 417 g/mol. The molecule has 31 heavy (non-hydrogen) atoms. The van der Waals surface area contributed by atoms with Gasteiger partial charge in [0.1, 0.15) is 0 Å². The zero-order chi connectivity index (χ0) is 24.0. The first-order chi connectivity index (χ1) is 14.7. The predicted octanol–water partition coefficient (Wildman–Crippen LogP) is 8.96. The molecule has 0 saturated heterocycles. The number of nitrogen functional groups attached to an aromatic ring is 1. The summed E-state index contributed by atoms with van der Waals surface area (Å²) < 4.78 is 0. The first-order valence-electron chi connectivity index (χ1n) is 11.3. The highest BCUT2D eigenvalue weighted by Crippen LogP contribution is 2.33. The van der Waals surface area contributed by atoms with Crippen molar-refractivity contribution < 1.29 is 0 Å². The van der Waals surface area contributed by atoms with Crippen molar-refractivity contribution in [3.63, 3.8) is 0 Å². The number of hydrogen-bond acceptors (Lipinski definition) is 1. The molecule has 0 spiro atoms. The second-order valence-electron chi connectivity index (χ2n) is 7.64. The Bertz CT molecular complexity index is 875. The van der Waals surface area contributed by atoms with E-state index >= 15 is 0 Å². The third-order valence-corrected chi connectivity index (χ3v) is 5.06. The van der Waals surface area contributed by atoms with Crippen LogP contribution in [0.1, 0.15) is 76.6 Å². The fraction of sp³-hybridized carbons (Fsp3) is 0.333. The molecule has 0 saturated carbocycles. The molecule has 168 valence electrons. The minimum atomic E-state index is 0.126. The molecule has 0 fully saturated rings. The number of nitrogens with two attached hydrogens (primary N) is 1. The first-order valence-corrected chi connectivity index (χ1v) is 11.3. The molecule has 1 nitrogen and oxygen atoms in total. The van der Waals surface area contributed by atoms with Gasteiger partial charge >= 0.3 is 0 Å². The van der Waals surface area contributed by atoms with Gasteiger partial charge in [-0.25, -0.2) is 0 Å². The van der Waals surface area contributed by atoms with Gasteiger partial charge in [-0.3, -0.25) is 0 Å². The number of rotatable bonds is 6. The van der Waals surface area contributed by atoms with Gasteiger partial charge in [0.05, 0.1) is 0 Å². The normalized spacial score (nSPS) is 10.8. The van der Waals surface area contributed by atoms with Crippen LogP contribution in [0.2, 0.25) is 0 Å². The van der Waals surface area contributed by atoms with Gasteiger partial charge in [-0.1, -0.05) is 93.1 Å². The molecule has 2 rings (SSSR count). The van der Waals surface area contributed by atoms with Crippen molar-refractivity contribution in [1.82, 2.24) is 0 Å². The van der Waals surface area contributed by atoms with Crippen LogP contribution >= 0.6 is 0 Å². The summed E-state index contributed by atoms with van der Waals surface area (Å²) in [6, 6.07) is 15.2. The van der Waals surface area contributed by atoms with Crippen molar-refractivity contribution in [2.75, 3.05) is 5.73 Å². The number of allylic oxidation sites excluding steroid dienone is 6. The molecule has 0 bridgehead atoms. The third kappa shape index (κ3) is 9.26. The van der Waals surface area contributed by atoms with Gasteiger partial charge in [-0.2, -0.15) is 0 Å². The molecule has 0 aliphatic heterocycles. The van der Waals surface area contributed by atoms with E-state index in [0.29, 0.717) is 0 Å². The molecule has 1 atom stereocenters. The second-order valence-corrected chi connectivity index (χ2v) is 7.64. The number of hydrogen-bond donors (Lipinski definition) is 1. The van der Waals surface area contributed by atoms with E-state index in [9.17, 15) is 0 Å². The summed E-state index contributed by atoms with van der Waals surface area (Å²) in [6.45, 7) is 24.3. The predicted molar refractivity (Wildman–Crippen MR) is 143 cm³/mol. The van der Waals surface area contributed by atoms with E-state index in [1.807, 2.05) is 26.8 Å². The summed E-state index contributed by atoms with van der Waals surface area (Å²) in [6.07, 6.45) is 7.11. The highest BCUT2D eigenvalue weighted by Gasteiger charge is 2.17. The van der Waals surface area contributed by atoms with Gasteiger partial charge in [0.2, 0.25) is 0 Å². The number of aryl methyl sites for hydroxylation is 2. The Morgan fingerprint density at radius 1 is 0.968 bits per heavy atom. The molecule has 0 amide bonds. The zero-order valence-electron chi connectivity index (χ0n) is 21.0. The molecule has 2 aromatic carbocycles. The van der Waals surface area contributed by atoms with Crippen LogP contribution in [0.5, 0.6) is 0 Å². The average molecular weight is 418 g/mol. The maximum absolute atomic E-state index is 6.03. The van der Waals surface area contributed by atoms with Gasteiger partial charge in [0.15, 0.2) is 0 Å². The van der Waals surface area contributed by atoms with Crippen molar-refractivity contribution in [1.29, 1.82) is 0 Å². The quantitative estimate of drug-likeness (QED) is 0.283. The Morgan fingerprint density at radius 3 is 1.94 bits per heavy atom.